The van der Waals surface area contributed by atoms with E-state index in [0.717, 1.165) is 46.5 Å². The Bertz CT molecular complexity index is 1310. The number of nitrogens with zero attached hydrogens (tertiary/aromatic N) is 1. The first-order valence-corrected chi connectivity index (χ1v) is 11.4. The lowest BCUT2D eigenvalue weighted by Crippen LogP contribution is -2.40. The number of rotatable bonds is 5. The summed E-state index contributed by atoms with van der Waals surface area (Å²) in [5.41, 5.74) is 6.20. The van der Waals surface area contributed by atoms with Gasteiger partial charge in [0.1, 0.15) is 17.5 Å². The number of aromatic nitrogens is 1. The van der Waals surface area contributed by atoms with Gasteiger partial charge in [-0.05, 0) is 60.4 Å². The van der Waals surface area contributed by atoms with E-state index in [4.69, 9.17) is 9.47 Å². The minimum atomic E-state index is -0.276. The number of para-hydroxylation sites is 1. The number of benzene rings is 3. The van der Waals surface area contributed by atoms with Crippen LogP contribution < -0.4 is 9.47 Å². The number of hydrogen-bond donors (Lipinski definition) is 1. The molecule has 4 aromatic rings. The molecule has 1 aliphatic rings. The van der Waals surface area contributed by atoms with Gasteiger partial charge in [0.25, 0.3) is 5.91 Å². The molecule has 5 nitrogen and oxygen atoms in total. The SMILES string of the molecule is CCc1ccc(C(=O)N2CCc3c([nH]c4ccc(OC)cc34)[C@@H]2c2ccccc2OC)cc1. The second-order valence-electron chi connectivity index (χ2n) is 8.37. The van der Waals surface area contributed by atoms with Crippen molar-refractivity contribution in [1.29, 1.82) is 0 Å². The van der Waals surface area contributed by atoms with Crippen LogP contribution in [0, 0.1) is 0 Å². The zero-order chi connectivity index (χ0) is 22.9. The number of nitrogens with one attached hydrogen (secondary N) is 1. The molecule has 1 N–H and O–H groups in total. The Morgan fingerprint density at radius 1 is 1.03 bits per heavy atom. The molecular formula is C28H28N2O3. The van der Waals surface area contributed by atoms with E-state index in [1.807, 2.05) is 65.6 Å². The van der Waals surface area contributed by atoms with E-state index in [-0.39, 0.29) is 11.9 Å². The van der Waals surface area contributed by atoms with E-state index in [1.165, 1.54) is 11.1 Å². The number of ether oxygens (including phenoxy) is 2. The Hall–Kier alpha value is -3.73. The minimum absolute atomic E-state index is 0.0236. The number of methoxy groups -OCH3 is 2. The Labute approximate surface area is 193 Å². The third kappa shape index (κ3) is 3.63. The van der Waals surface area contributed by atoms with Crippen LogP contribution in [0.5, 0.6) is 11.5 Å². The van der Waals surface area contributed by atoms with E-state index in [9.17, 15) is 4.79 Å². The van der Waals surface area contributed by atoms with E-state index in [0.29, 0.717) is 12.1 Å². The number of hydrogen-bond acceptors (Lipinski definition) is 3. The monoisotopic (exact) mass is 440 g/mol. The Morgan fingerprint density at radius 3 is 2.55 bits per heavy atom. The van der Waals surface area contributed by atoms with Crippen LogP contribution in [0.15, 0.2) is 66.7 Å². The summed E-state index contributed by atoms with van der Waals surface area (Å²) in [6, 6.07) is 21.7. The predicted molar refractivity (Wildman–Crippen MR) is 130 cm³/mol. The molecule has 1 aliphatic heterocycles. The molecule has 5 rings (SSSR count). The third-order valence-electron chi connectivity index (χ3n) is 6.64. The van der Waals surface area contributed by atoms with Gasteiger partial charge in [-0.1, -0.05) is 37.3 Å². The van der Waals surface area contributed by atoms with Crippen molar-refractivity contribution in [2.45, 2.75) is 25.8 Å². The van der Waals surface area contributed by atoms with Crippen LogP contribution >= 0.6 is 0 Å². The maximum absolute atomic E-state index is 13.8. The van der Waals surface area contributed by atoms with Crippen molar-refractivity contribution in [3.8, 4) is 11.5 Å². The summed E-state index contributed by atoms with van der Waals surface area (Å²) in [4.78, 5) is 19.3. The number of aryl methyl sites for hydroxylation is 1. The van der Waals surface area contributed by atoms with Crippen molar-refractivity contribution in [3.63, 3.8) is 0 Å². The average Bonchev–Trinajstić information content (AvgIpc) is 3.25. The molecule has 0 aliphatic carbocycles. The van der Waals surface area contributed by atoms with Crippen molar-refractivity contribution in [3.05, 3.63) is 94.7 Å². The molecule has 0 fully saturated rings. The molecule has 0 saturated heterocycles. The molecule has 1 atom stereocenters. The number of carbonyl (C=O) groups excluding carboxylic acids is 1. The summed E-state index contributed by atoms with van der Waals surface area (Å²) in [6.07, 6.45) is 1.72. The van der Waals surface area contributed by atoms with Crippen molar-refractivity contribution in [1.82, 2.24) is 9.88 Å². The van der Waals surface area contributed by atoms with E-state index in [2.05, 4.69) is 18.0 Å². The van der Waals surface area contributed by atoms with E-state index < -0.39 is 0 Å². The zero-order valence-corrected chi connectivity index (χ0v) is 19.2. The van der Waals surface area contributed by atoms with Gasteiger partial charge in [0.2, 0.25) is 0 Å². The first-order chi connectivity index (χ1) is 16.1. The van der Waals surface area contributed by atoms with Crippen molar-refractivity contribution < 1.29 is 14.3 Å². The quantitative estimate of drug-likeness (QED) is 0.444. The molecule has 33 heavy (non-hydrogen) atoms. The van der Waals surface area contributed by atoms with Gasteiger partial charge in [-0.2, -0.15) is 0 Å². The minimum Gasteiger partial charge on any atom is -0.497 e. The fourth-order valence-electron chi connectivity index (χ4n) is 4.88. The molecule has 168 valence electrons. The number of aromatic amines is 1. The summed E-state index contributed by atoms with van der Waals surface area (Å²) < 4.78 is 11.2. The molecule has 0 spiro atoms. The summed E-state index contributed by atoms with van der Waals surface area (Å²) in [5, 5.41) is 1.14. The lowest BCUT2D eigenvalue weighted by atomic mass is 9.91. The number of carbonyl (C=O) groups is 1. The van der Waals surface area contributed by atoms with Crippen molar-refractivity contribution in [2.24, 2.45) is 0 Å². The van der Waals surface area contributed by atoms with Crippen LogP contribution in [0.4, 0.5) is 0 Å². The van der Waals surface area contributed by atoms with Crippen molar-refractivity contribution >= 4 is 16.8 Å². The highest BCUT2D eigenvalue weighted by molar-refractivity contribution is 5.96. The lowest BCUT2D eigenvalue weighted by Gasteiger charge is -2.37. The fourth-order valence-corrected chi connectivity index (χ4v) is 4.88. The summed E-state index contributed by atoms with van der Waals surface area (Å²) >= 11 is 0. The second-order valence-corrected chi connectivity index (χ2v) is 8.37. The molecular weight excluding hydrogens is 412 g/mol. The molecule has 0 saturated carbocycles. The molecule has 0 radical (unpaired) electrons. The fraction of sp³-hybridized carbons (Fsp3) is 0.250. The largest absolute Gasteiger partial charge is 0.497 e. The van der Waals surface area contributed by atoms with Gasteiger partial charge in [0, 0.05) is 34.3 Å². The summed E-state index contributed by atoms with van der Waals surface area (Å²) in [7, 11) is 3.36. The number of H-pyrrole nitrogens is 1. The van der Waals surface area contributed by atoms with Gasteiger partial charge < -0.3 is 19.4 Å². The van der Waals surface area contributed by atoms with Crippen LogP contribution in [0.2, 0.25) is 0 Å². The first-order valence-electron chi connectivity index (χ1n) is 11.4. The van der Waals surface area contributed by atoms with Crippen molar-refractivity contribution in [2.75, 3.05) is 20.8 Å². The van der Waals surface area contributed by atoms with Crippen LogP contribution in [-0.2, 0) is 12.8 Å². The van der Waals surface area contributed by atoms with Gasteiger partial charge in [-0.3, -0.25) is 4.79 Å². The Kier molecular flexibility index (Phi) is 5.55. The van der Waals surface area contributed by atoms with Crippen LogP contribution in [0.25, 0.3) is 10.9 Å². The van der Waals surface area contributed by atoms with Crippen LogP contribution in [0.1, 0.15) is 45.7 Å². The maximum Gasteiger partial charge on any atom is 0.254 e. The normalized spacial score (nSPS) is 15.4. The first kappa shape index (κ1) is 21.1. The molecule has 0 unspecified atom stereocenters. The standard InChI is InChI=1S/C28H28N2O3/c1-4-18-9-11-19(12-10-18)28(31)30-16-15-21-23-17-20(32-2)13-14-24(23)29-26(21)27(30)22-7-5-6-8-25(22)33-3/h5-14,17,27,29H,4,15-16H2,1-3H3/t27-/m0/s1. The van der Waals surface area contributed by atoms with Gasteiger partial charge in [-0.25, -0.2) is 0 Å². The molecule has 3 aromatic carbocycles. The van der Waals surface area contributed by atoms with Crippen LogP contribution in [-0.4, -0.2) is 36.6 Å². The Balaban J connectivity index is 1.66. The second kappa shape index (κ2) is 8.66. The molecule has 1 aromatic heterocycles. The molecule has 1 amide bonds. The van der Waals surface area contributed by atoms with Crippen LogP contribution in [0.3, 0.4) is 0 Å². The Morgan fingerprint density at radius 2 is 1.82 bits per heavy atom. The maximum atomic E-state index is 13.8. The molecule has 0 bridgehead atoms. The average molecular weight is 441 g/mol. The van der Waals surface area contributed by atoms with E-state index >= 15 is 0 Å². The highest BCUT2D eigenvalue weighted by Gasteiger charge is 2.36. The zero-order valence-electron chi connectivity index (χ0n) is 19.2. The molecule has 5 heteroatoms. The molecule has 2 heterocycles. The van der Waals surface area contributed by atoms with Gasteiger partial charge >= 0.3 is 0 Å². The highest BCUT2D eigenvalue weighted by Crippen LogP contribution is 2.42. The van der Waals surface area contributed by atoms with Gasteiger partial charge in [0.05, 0.1) is 14.2 Å². The topological polar surface area (TPSA) is 54.6 Å². The summed E-state index contributed by atoms with van der Waals surface area (Å²) in [6.45, 7) is 2.74. The smallest absolute Gasteiger partial charge is 0.254 e. The predicted octanol–water partition coefficient (Wildman–Crippen LogP) is 5.54. The lowest BCUT2D eigenvalue weighted by molar-refractivity contribution is 0.0690. The summed E-state index contributed by atoms with van der Waals surface area (Å²) in [5.74, 6) is 1.62. The highest BCUT2D eigenvalue weighted by atomic mass is 16.5. The number of fused-ring (bicyclic) bond motifs is 3. The van der Waals surface area contributed by atoms with E-state index in [1.54, 1.807) is 14.2 Å². The third-order valence-corrected chi connectivity index (χ3v) is 6.64. The van der Waals surface area contributed by atoms with Gasteiger partial charge in [-0.15, -0.1) is 0 Å². The van der Waals surface area contributed by atoms with Gasteiger partial charge in [0.15, 0.2) is 0 Å². The number of amides is 1.